The van der Waals surface area contributed by atoms with E-state index in [1.54, 1.807) is 18.1 Å². The highest BCUT2D eigenvalue weighted by atomic mass is 16.5. The number of aromatic hydroxyl groups is 1. The van der Waals surface area contributed by atoms with Crippen LogP contribution in [0.2, 0.25) is 0 Å². The van der Waals surface area contributed by atoms with Crippen LogP contribution in [-0.4, -0.2) is 53.9 Å². The van der Waals surface area contributed by atoms with Crippen LogP contribution in [-0.2, 0) is 37.8 Å². The van der Waals surface area contributed by atoms with E-state index < -0.39 is 0 Å². The lowest BCUT2D eigenvalue weighted by Crippen LogP contribution is -2.31. The molecule has 0 saturated carbocycles. The minimum absolute atomic E-state index is 0.0687. The number of benzene rings is 2. The zero-order chi connectivity index (χ0) is 27.5. The number of carbonyl (C=O) groups is 1. The number of pyridine rings is 1. The standard InChI is InChI=1S/C31H30N6O3/c1-4-37-25-11-8-19(40-17-26(38)35(2)15-18-7-5-6-12-32-18)13-21(25)28-22-14-33-31(39)29(22)27-20(30(28)37)9-10-24-23(27)16-36(3)34-24/h5-8,11-14,16,33,39H,4,9-10,15,17H2,1-3H3. The van der Waals surface area contributed by atoms with E-state index in [-0.39, 0.29) is 18.4 Å². The molecule has 40 heavy (non-hydrogen) atoms. The maximum Gasteiger partial charge on any atom is 0.260 e. The third kappa shape index (κ3) is 3.65. The van der Waals surface area contributed by atoms with Gasteiger partial charge in [-0.3, -0.25) is 14.5 Å². The second kappa shape index (κ2) is 9.15. The van der Waals surface area contributed by atoms with Crippen molar-refractivity contribution in [3.8, 4) is 22.8 Å². The second-order valence-electron chi connectivity index (χ2n) is 10.4. The minimum Gasteiger partial charge on any atom is -0.494 e. The molecule has 0 radical (unpaired) electrons. The lowest BCUT2D eigenvalue weighted by Gasteiger charge is -2.20. The van der Waals surface area contributed by atoms with Gasteiger partial charge in [-0.2, -0.15) is 5.10 Å². The molecule has 6 aromatic rings. The van der Waals surface area contributed by atoms with Gasteiger partial charge in [0.25, 0.3) is 5.91 Å². The second-order valence-corrected chi connectivity index (χ2v) is 10.4. The van der Waals surface area contributed by atoms with E-state index in [0.29, 0.717) is 12.3 Å². The SMILES string of the molecule is CCn1c2ccc(OCC(=O)N(C)Cc3ccccn3)cc2c2c3c[nH]c(O)c3c3c(c21)CCc1nn(C)cc1-3. The number of carbonyl (C=O) groups excluding carboxylic acids is 1. The Morgan fingerprint density at radius 1 is 1.18 bits per heavy atom. The Hall–Kier alpha value is -4.79. The average Bonchev–Trinajstić information content (AvgIpc) is 3.63. The van der Waals surface area contributed by atoms with E-state index in [9.17, 15) is 9.90 Å². The number of hydrogen-bond donors (Lipinski definition) is 2. The van der Waals surface area contributed by atoms with Crippen LogP contribution in [0.15, 0.2) is 55.0 Å². The van der Waals surface area contributed by atoms with E-state index in [0.717, 1.165) is 69.0 Å². The largest absolute Gasteiger partial charge is 0.494 e. The summed E-state index contributed by atoms with van der Waals surface area (Å²) in [6, 6.07) is 11.7. The highest BCUT2D eigenvalue weighted by Gasteiger charge is 2.29. The number of nitrogens with one attached hydrogen (secondary N) is 1. The monoisotopic (exact) mass is 534 g/mol. The van der Waals surface area contributed by atoms with E-state index in [1.165, 1.54) is 11.1 Å². The van der Waals surface area contributed by atoms with Crippen molar-refractivity contribution in [2.24, 2.45) is 7.05 Å². The molecule has 0 saturated heterocycles. The summed E-state index contributed by atoms with van der Waals surface area (Å²) in [6.07, 6.45) is 7.36. The fourth-order valence-corrected chi connectivity index (χ4v) is 6.26. The first-order valence-electron chi connectivity index (χ1n) is 13.5. The number of H-pyrrole nitrogens is 1. The molecular formula is C31H30N6O3. The number of nitrogens with zero attached hydrogens (tertiary/aromatic N) is 5. The highest BCUT2D eigenvalue weighted by Crippen LogP contribution is 2.49. The fraction of sp³-hybridized carbons (Fsp3) is 0.258. The highest BCUT2D eigenvalue weighted by molar-refractivity contribution is 6.26. The Kier molecular flexibility index (Phi) is 5.55. The summed E-state index contributed by atoms with van der Waals surface area (Å²) in [5.74, 6) is 0.666. The van der Waals surface area contributed by atoms with Crippen LogP contribution >= 0.6 is 0 Å². The average molecular weight is 535 g/mol. The Morgan fingerprint density at radius 3 is 2.85 bits per heavy atom. The third-order valence-electron chi connectivity index (χ3n) is 8.02. The molecule has 0 unspecified atom stereocenters. The summed E-state index contributed by atoms with van der Waals surface area (Å²) in [4.78, 5) is 21.8. The van der Waals surface area contributed by atoms with Gasteiger partial charge in [0.1, 0.15) is 5.75 Å². The summed E-state index contributed by atoms with van der Waals surface area (Å²) in [5.41, 5.74) is 7.52. The first-order valence-corrected chi connectivity index (χ1v) is 13.5. The van der Waals surface area contributed by atoms with Gasteiger partial charge < -0.3 is 24.3 Å². The van der Waals surface area contributed by atoms with Gasteiger partial charge >= 0.3 is 0 Å². The number of aromatic amines is 1. The molecule has 1 amide bonds. The molecule has 0 bridgehead atoms. The van der Waals surface area contributed by atoms with Gasteiger partial charge in [-0.15, -0.1) is 0 Å². The topological polar surface area (TPSA) is 101 Å². The quantitative estimate of drug-likeness (QED) is 0.316. The van der Waals surface area contributed by atoms with E-state index in [4.69, 9.17) is 4.74 Å². The first kappa shape index (κ1) is 24.3. The van der Waals surface area contributed by atoms with Gasteiger partial charge in [0, 0.05) is 72.0 Å². The molecule has 0 aliphatic heterocycles. The summed E-state index contributed by atoms with van der Waals surface area (Å²) >= 11 is 0. The Morgan fingerprint density at radius 2 is 2.05 bits per heavy atom. The number of hydrogen-bond acceptors (Lipinski definition) is 5. The molecule has 0 spiro atoms. The molecule has 1 aliphatic rings. The van der Waals surface area contributed by atoms with Crippen molar-refractivity contribution in [2.75, 3.05) is 13.7 Å². The normalized spacial score (nSPS) is 12.7. The number of aromatic nitrogens is 5. The van der Waals surface area contributed by atoms with Crippen molar-refractivity contribution in [3.05, 3.63) is 71.9 Å². The van der Waals surface area contributed by atoms with Crippen LogP contribution in [0.3, 0.4) is 0 Å². The molecule has 0 fully saturated rings. The summed E-state index contributed by atoms with van der Waals surface area (Å²) in [6.45, 7) is 3.31. The summed E-state index contributed by atoms with van der Waals surface area (Å²) in [5, 5.41) is 19.6. The van der Waals surface area contributed by atoms with Crippen molar-refractivity contribution in [1.82, 2.24) is 29.2 Å². The number of fused-ring (bicyclic) bond motifs is 10. The Bertz CT molecular complexity index is 1930. The van der Waals surface area contributed by atoms with Gasteiger partial charge in [0.05, 0.1) is 28.8 Å². The predicted octanol–water partition coefficient (Wildman–Crippen LogP) is 4.93. The molecule has 4 heterocycles. The van der Waals surface area contributed by atoms with Crippen LogP contribution in [0.1, 0.15) is 23.9 Å². The maximum absolute atomic E-state index is 12.8. The molecule has 2 N–H and O–H groups in total. The summed E-state index contributed by atoms with van der Waals surface area (Å²) < 4.78 is 10.2. The molecule has 1 aliphatic carbocycles. The van der Waals surface area contributed by atoms with Crippen LogP contribution in [0.5, 0.6) is 11.6 Å². The van der Waals surface area contributed by atoms with E-state index in [2.05, 4.69) is 38.8 Å². The third-order valence-corrected chi connectivity index (χ3v) is 8.02. The van der Waals surface area contributed by atoms with Gasteiger partial charge in [0.2, 0.25) is 0 Å². The van der Waals surface area contributed by atoms with Crippen LogP contribution in [0.25, 0.3) is 43.7 Å². The number of amides is 1. The molecule has 202 valence electrons. The fourth-order valence-electron chi connectivity index (χ4n) is 6.26. The van der Waals surface area contributed by atoms with Crippen molar-refractivity contribution >= 4 is 38.5 Å². The summed E-state index contributed by atoms with van der Waals surface area (Å²) in [7, 11) is 3.70. The van der Waals surface area contributed by atoms with Crippen molar-refractivity contribution in [3.63, 3.8) is 0 Å². The van der Waals surface area contributed by atoms with Crippen LogP contribution < -0.4 is 4.74 Å². The molecule has 0 atom stereocenters. The molecule has 2 aromatic carbocycles. The van der Waals surface area contributed by atoms with Crippen molar-refractivity contribution in [2.45, 2.75) is 32.9 Å². The van der Waals surface area contributed by atoms with Gasteiger partial charge in [0.15, 0.2) is 12.5 Å². The van der Waals surface area contributed by atoms with Crippen LogP contribution in [0.4, 0.5) is 0 Å². The Balaban J connectivity index is 1.32. The number of aryl methyl sites for hydroxylation is 4. The van der Waals surface area contributed by atoms with E-state index >= 15 is 0 Å². The number of likely N-dealkylation sites (N-methyl/N-ethyl adjacent to an activating group) is 1. The molecule has 9 heteroatoms. The van der Waals surface area contributed by atoms with Gasteiger partial charge in [-0.1, -0.05) is 6.07 Å². The maximum atomic E-state index is 12.8. The van der Waals surface area contributed by atoms with E-state index in [1.807, 2.05) is 48.3 Å². The molecule has 4 aromatic heterocycles. The zero-order valence-electron chi connectivity index (χ0n) is 22.7. The Labute approximate surface area is 230 Å². The first-order chi connectivity index (χ1) is 19.4. The van der Waals surface area contributed by atoms with Crippen molar-refractivity contribution < 1.29 is 14.6 Å². The molecular weight excluding hydrogens is 504 g/mol. The predicted molar refractivity (Wildman–Crippen MR) is 154 cm³/mol. The van der Waals surface area contributed by atoms with Crippen LogP contribution in [0, 0.1) is 0 Å². The smallest absolute Gasteiger partial charge is 0.260 e. The molecule has 7 rings (SSSR count). The number of rotatable bonds is 6. The molecule has 9 nitrogen and oxygen atoms in total. The van der Waals surface area contributed by atoms with Gasteiger partial charge in [-0.25, -0.2) is 0 Å². The lowest BCUT2D eigenvalue weighted by atomic mass is 9.85. The van der Waals surface area contributed by atoms with Crippen molar-refractivity contribution in [1.29, 1.82) is 0 Å². The van der Waals surface area contributed by atoms with Gasteiger partial charge in [-0.05, 0) is 55.7 Å². The zero-order valence-corrected chi connectivity index (χ0v) is 22.7. The number of ether oxygens (including phenoxy) is 1. The lowest BCUT2D eigenvalue weighted by molar-refractivity contribution is -0.132. The minimum atomic E-state index is -0.124.